The van der Waals surface area contributed by atoms with Crippen LogP contribution in [-0.2, 0) is 9.47 Å². The van der Waals surface area contributed by atoms with Gasteiger partial charge < -0.3 is 25.2 Å². The van der Waals surface area contributed by atoms with Gasteiger partial charge in [-0.05, 0) is 39.0 Å². The van der Waals surface area contributed by atoms with Crippen molar-refractivity contribution in [2.75, 3.05) is 39.5 Å². The first-order valence-corrected chi connectivity index (χ1v) is 10.1. The normalized spacial score (nSPS) is 18.6. The Labute approximate surface area is 153 Å². The molecule has 1 unspecified atom stereocenters. The third kappa shape index (κ3) is 10.0. The van der Waals surface area contributed by atoms with Gasteiger partial charge in [-0.15, -0.1) is 0 Å². The van der Waals surface area contributed by atoms with Crippen molar-refractivity contribution in [3.8, 4) is 0 Å². The van der Waals surface area contributed by atoms with Crippen molar-refractivity contribution >= 4 is 5.96 Å². The maximum absolute atomic E-state index is 10.7. The zero-order valence-corrected chi connectivity index (χ0v) is 16.5. The van der Waals surface area contributed by atoms with Gasteiger partial charge in [-0.25, -0.2) is 0 Å². The highest BCUT2D eigenvalue weighted by atomic mass is 16.5. The number of guanidine groups is 1. The van der Waals surface area contributed by atoms with Crippen molar-refractivity contribution in [1.29, 1.82) is 0 Å². The molecule has 1 aliphatic rings. The molecule has 0 aromatic carbocycles. The molecule has 25 heavy (non-hydrogen) atoms. The van der Waals surface area contributed by atoms with E-state index in [9.17, 15) is 5.11 Å². The van der Waals surface area contributed by atoms with E-state index in [1.54, 1.807) is 0 Å². The highest BCUT2D eigenvalue weighted by Crippen LogP contribution is 2.19. The second-order valence-electron chi connectivity index (χ2n) is 6.91. The molecule has 0 aliphatic carbocycles. The predicted octanol–water partition coefficient (Wildman–Crippen LogP) is 2.46. The molecule has 0 aromatic rings. The quantitative estimate of drug-likeness (QED) is 0.268. The van der Waals surface area contributed by atoms with E-state index >= 15 is 0 Å². The van der Waals surface area contributed by atoms with Crippen molar-refractivity contribution in [3.63, 3.8) is 0 Å². The lowest BCUT2D eigenvalue weighted by atomic mass is 9.93. The standard InChI is InChI=1S/C19H39N3O3/c1-4-10-19(23,11-5-2)16-22-18(20-6-3)21-12-8-13-24-15-17-9-7-14-25-17/h17,23H,4-16H2,1-3H3,(H2,20,21,22). The van der Waals surface area contributed by atoms with Crippen LogP contribution in [0.4, 0.5) is 0 Å². The molecule has 1 atom stereocenters. The number of ether oxygens (including phenoxy) is 2. The van der Waals surface area contributed by atoms with Gasteiger partial charge >= 0.3 is 0 Å². The summed E-state index contributed by atoms with van der Waals surface area (Å²) >= 11 is 0. The fourth-order valence-corrected chi connectivity index (χ4v) is 3.15. The number of aliphatic hydroxyl groups is 1. The van der Waals surface area contributed by atoms with Crippen LogP contribution < -0.4 is 10.6 Å². The lowest BCUT2D eigenvalue weighted by Gasteiger charge is -2.26. The second kappa shape index (κ2) is 13.4. The van der Waals surface area contributed by atoms with Gasteiger partial charge in [0.1, 0.15) is 0 Å². The fraction of sp³-hybridized carbons (Fsp3) is 0.947. The SMILES string of the molecule is CCCC(O)(CCC)CN=C(NCC)NCCCOCC1CCCO1. The monoisotopic (exact) mass is 357 g/mol. The summed E-state index contributed by atoms with van der Waals surface area (Å²) < 4.78 is 11.2. The van der Waals surface area contributed by atoms with Crippen LogP contribution in [0.15, 0.2) is 4.99 Å². The molecule has 148 valence electrons. The predicted molar refractivity (Wildman–Crippen MR) is 103 cm³/mol. The molecule has 1 aliphatic heterocycles. The van der Waals surface area contributed by atoms with Crippen molar-refractivity contribution < 1.29 is 14.6 Å². The molecule has 0 spiro atoms. The summed E-state index contributed by atoms with van der Waals surface area (Å²) in [6.07, 6.45) is 7.01. The minimum absolute atomic E-state index is 0.293. The molecule has 1 fully saturated rings. The van der Waals surface area contributed by atoms with E-state index in [0.29, 0.717) is 19.3 Å². The van der Waals surface area contributed by atoms with Gasteiger partial charge in [-0.1, -0.05) is 26.7 Å². The van der Waals surface area contributed by atoms with Crippen LogP contribution in [0.2, 0.25) is 0 Å². The smallest absolute Gasteiger partial charge is 0.191 e. The van der Waals surface area contributed by atoms with E-state index in [2.05, 4.69) is 29.5 Å². The number of aliphatic imine (C=N–C) groups is 1. The van der Waals surface area contributed by atoms with Gasteiger partial charge in [-0.3, -0.25) is 4.99 Å². The Hall–Kier alpha value is -0.850. The Bertz CT molecular complexity index is 352. The number of rotatable bonds is 13. The molecule has 1 heterocycles. The average Bonchev–Trinajstić information content (AvgIpc) is 3.09. The molecule has 6 nitrogen and oxygen atoms in total. The molecule has 1 saturated heterocycles. The van der Waals surface area contributed by atoms with E-state index in [0.717, 1.165) is 77.2 Å². The third-order valence-electron chi connectivity index (χ3n) is 4.39. The van der Waals surface area contributed by atoms with Gasteiger partial charge in [0.25, 0.3) is 0 Å². The van der Waals surface area contributed by atoms with Crippen LogP contribution >= 0.6 is 0 Å². The van der Waals surface area contributed by atoms with Gasteiger partial charge in [0, 0.05) is 26.3 Å². The zero-order valence-electron chi connectivity index (χ0n) is 16.5. The Morgan fingerprint density at radius 2 is 2.00 bits per heavy atom. The Balaban J connectivity index is 2.26. The van der Waals surface area contributed by atoms with Crippen LogP contribution in [0.3, 0.4) is 0 Å². The summed E-state index contributed by atoms with van der Waals surface area (Å²) in [5.41, 5.74) is -0.684. The van der Waals surface area contributed by atoms with Crippen LogP contribution in [0.5, 0.6) is 0 Å². The summed E-state index contributed by atoms with van der Waals surface area (Å²) in [5, 5.41) is 17.2. The first kappa shape index (κ1) is 22.2. The molecule has 6 heteroatoms. The second-order valence-corrected chi connectivity index (χ2v) is 6.91. The van der Waals surface area contributed by atoms with Gasteiger partial charge in [0.15, 0.2) is 5.96 Å². The molecule has 0 amide bonds. The zero-order chi connectivity index (χ0) is 18.4. The summed E-state index contributed by atoms with van der Waals surface area (Å²) in [6, 6.07) is 0. The molecule has 0 saturated carbocycles. The maximum atomic E-state index is 10.7. The van der Waals surface area contributed by atoms with Gasteiger partial charge in [-0.2, -0.15) is 0 Å². The van der Waals surface area contributed by atoms with Crippen molar-refractivity contribution in [2.24, 2.45) is 4.99 Å². The van der Waals surface area contributed by atoms with Crippen LogP contribution in [0.1, 0.15) is 65.7 Å². The van der Waals surface area contributed by atoms with Crippen LogP contribution in [0, 0.1) is 0 Å². The molecule has 0 aromatic heterocycles. The fourth-order valence-electron chi connectivity index (χ4n) is 3.15. The summed E-state index contributed by atoms with van der Waals surface area (Å²) in [7, 11) is 0. The molecular weight excluding hydrogens is 318 g/mol. The molecule has 3 N–H and O–H groups in total. The Morgan fingerprint density at radius 3 is 2.60 bits per heavy atom. The van der Waals surface area contributed by atoms with Crippen molar-refractivity contribution in [3.05, 3.63) is 0 Å². The third-order valence-corrected chi connectivity index (χ3v) is 4.39. The summed E-state index contributed by atoms with van der Waals surface area (Å²) in [5.74, 6) is 0.771. The maximum Gasteiger partial charge on any atom is 0.191 e. The van der Waals surface area contributed by atoms with E-state index < -0.39 is 5.60 Å². The first-order chi connectivity index (χ1) is 12.1. The molecule has 0 bridgehead atoms. The number of nitrogens with zero attached hydrogens (tertiary/aromatic N) is 1. The Kier molecular flexibility index (Phi) is 11.9. The van der Waals surface area contributed by atoms with E-state index in [1.165, 1.54) is 0 Å². The summed E-state index contributed by atoms with van der Waals surface area (Å²) in [4.78, 5) is 4.59. The highest BCUT2D eigenvalue weighted by molar-refractivity contribution is 5.79. The lowest BCUT2D eigenvalue weighted by molar-refractivity contribution is 0.0168. The number of hydrogen-bond acceptors (Lipinski definition) is 4. The van der Waals surface area contributed by atoms with Crippen molar-refractivity contribution in [1.82, 2.24) is 10.6 Å². The van der Waals surface area contributed by atoms with Crippen LogP contribution in [-0.4, -0.2) is 62.2 Å². The van der Waals surface area contributed by atoms with Gasteiger partial charge in [0.05, 0.1) is 24.9 Å². The summed E-state index contributed by atoms with van der Waals surface area (Å²) in [6.45, 7) is 10.6. The van der Waals surface area contributed by atoms with Gasteiger partial charge in [0.2, 0.25) is 0 Å². The largest absolute Gasteiger partial charge is 0.388 e. The minimum Gasteiger partial charge on any atom is -0.388 e. The lowest BCUT2D eigenvalue weighted by Crippen LogP contribution is -2.40. The average molecular weight is 358 g/mol. The number of nitrogens with one attached hydrogen (secondary N) is 2. The van der Waals surface area contributed by atoms with E-state index in [4.69, 9.17) is 9.47 Å². The van der Waals surface area contributed by atoms with Crippen LogP contribution in [0.25, 0.3) is 0 Å². The minimum atomic E-state index is -0.684. The van der Waals surface area contributed by atoms with E-state index in [1.807, 2.05) is 6.92 Å². The molecular formula is C19H39N3O3. The molecule has 0 radical (unpaired) electrons. The van der Waals surface area contributed by atoms with Crippen molar-refractivity contribution in [2.45, 2.75) is 77.4 Å². The first-order valence-electron chi connectivity index (χ1n) is 10.1. The Morgan fingerprint density at radius 1 is 1.24 bits per heavy atom. The number of hydrogen-bond donors (Lipinski definition) is 3. The highest BCUT2D eigenvalue weighted by Gasteiger charge is 2.24. The van der Waals surface area contributed by atoms with E-state index in [-0.39, 0.29) is 0 Å². The molecule has 1 rings (SSSR count). The topological polar surface area (TPSA) is 75.1 Å².